The summed E-state index contributed by atoms with van der Waals surface area (Å²) < 4.78 is 2.23. The van der Waals surface area contributed by atoms with E-state index in [9.17, 15) is 4.79 Å². The van der Waals surface area contributed by atoms with Crippen LogP contribution in [0.4, 0.5) is 0 Å². The number of para-hydroxylation sites is 1. The highest BCUT2D eigenvalue weighted by atomic mass is 32.2. The predicted octanol–water partition coefficient (Wildman–Crippen LogP) is 6.01. The van der Waals surface area contributed by atoms with E-state index in [1.807, 2.05) is 37.3 Å². The molecule has 30 heavy (non-hydrogen) atoms. The fourth-order valence-electron chi connectivity index (χ4n) is 3.80. The molecule has 0 spiro atoms. The minimum atomic E-state index is 0.154. The zero-order chi connectivity index (χ0) is 20.7. The summed E-state index contributed by atoms with van der Waals surface area (Å²) in [5, 5.41) is 4.04. The molecule has 1 aliphatic rings. The zero-order valence-electron chi connectivity index (χ0n) is 17.1. The van der Waals surface area contributed by atoms with E-state index >= 15 is 0 Å². The van der Waals surface area contributed by atoms with Gasteiger partial charge >= 0.3 is 0 Å². The van der Waals surface area contributed by atoms with Crippen LogP contribution in [0.5, 0.6) is 0 Å². The normalized spacial score (nSPS) is 13.8. The van der Waals surface area contributed by atoms with Gasteiger partial charge in [-0.1, -0.05) is 36.0 Å². The fraction of sp³-hybridized carbons (Fsp3) is 0.292. The Morgan fingerprint density at radius 2 is 2.00 bits per heavy atom. The summed E-state index contributed by atoms with van der Waals surface area (Å²) in [7, 11) is 0. The molecule has 3 heterocycles. The van der Waals surface area contributed by atoms with Gasteiger partial charge in [-0.15, -0.1) is 11.3 Å². The average molecular weight is 434 g/mol. The molecule has 0 radical (unpaired) electrons. The molecule has 0 amide bonds. The summed E-state index contributed by atoms with van der Waals surface area (Å²) in [5.41, 5.74) is 3.95. The summed E-state index contributed by atoms with van der Waals surface area (Å²) in [6, 6.07) is 14.3. The van der Waals surface area contributed by atoms with Crippen LogP contribution >= 0.6 is 23.1 Å². The first kappa shape index (κ1) is 19.5. The topological polar surface area (TPSA) is 47.8 Å². The van der Waals surface area contributed by atoms with Crippen LogP contribution in [-0.4, -0.2) is 26.1 Å². The van der Waals surface area contributed by atoms with Crippen molar-refractivity contribution in [1.82, 2.24) is 14.5 Å². The largest absolute Gasteiger partial charge is 0.343 e. The van der Waals surface area contributed by atoms with E-state index in [0.29, 0.717) is 11.7 Å². The maximum atomic E-state index is 13.1. The minimum absolute atomic E-state index is 0.154. The average Bonchev–Trinajstić information content (AvgIpc) is 3.41. The number of thioether (sulfide) groups is 1. The lowest BCUT2D eigenvalue weighted by Crippen LogP contribution is -2.07. The Labute approximate surface area is 184 Å². The minimum Gasteiger partial charge on any atom is -0.343 e. The number of carbonyl (C=O) groups is 1. The number of benzene rings is 1. The lowest BCUT2D eigenvalue weighted by atomic mass is 10.2. The van der Waals surface area contributed by atoms with E-state index in [0.717, 1.165) is 58.1 Å². The Bertz CT molecular complexity index is 1220. The van der Waals surface area contributed by atoms with E-state index in [1.54, 1.807) is 11.3 Å². The summed E-state index contributed by atoms with van der Waals surface area (Å²) in [6.45, 7) is 4.94. The van der Waals surface area contributed by atoms with Gasteiger partial charge in [0.1, 0.15) is 10.9 Å². The molecule has 0 unspecified atom stereocenters. The van der Waals surface area contributed by atoms with Crippen molar-refractivity contribution >= 4 is 39.8 Å². The quantitative estimate of drug-likeness (QED) is 0.203. The van der Waals surface area contributed by atoms with Crippen molar-refractivity contribution < 1.29 is 4.79 Å². The van der Waals surface area contributed by atoms with E-state index in [1.165, 1.54) is 16.6 Å². The third-order valence-electron chi connectivity index (χ3n) is 5.64. The Kier molecular flexibility index (Phi) is 5.21. The second kappa shape index (κ2) is 8.00. The molecule has 1 saturated carbocycles. The van der Waals surface area contributed by atoms with E-state index < -0.39 is 0 Å². The number of ketones is 1. The van der Waals surface area contributed by atoms with Gasteiger partial charge in [0.05, 0.1) is 17.8 Å². The molecule has 3 aromatic heterocycles. The summed E-state index contributed by atoms with van der Waals surface area (Å²) in [6.07, 6.45) is 2.33. The number of Topliss-reactive ketones (excluding diaryl/α,β-unsaturated/α-hetero) is 1. The molecule has 4 aromatic rings. The highest BCUT2D eigenvalue weighted by Gasteiger charge is 2.27. The Balaban J connectivity index is 1.38. The molecule has 5 rings (SSSR count). The van der Waals surface area contributed by atoms with Gasteiger partial charge in [0, 0.05) is 33.1 Å². The highest BCUT2D eigenvalue weighted by molar-refractivity contribution is 8.00. The number of hydrogen-bond donors (Lipinski definition) is 0. The second-order valence-corrected chi connectivity index (χ2v) is 9.84. The number of hydrogen-bond acceptors (Lipinski definition) is 5. The molecule has 0 saturated heterocycles. The molecule has 6 heteroatoms. The second-order valence-electron chi connectivity index (χ2n) is 7.84. The third-order valence-corrected chi connectivity index (χ3v) is 7.49. The number of carbonyl (C=O) groups excluding carboxylic acids is 1. The molecule has 4 nitrogen and oxygen atoms in total. The fourth-order valence-corrected chi connectivity index (χ4v) is 5.40. The summed E-state index contributed by atoms with van der Waals surface area (Å²) in [4.78, 5) is 24.0. The van der Waals surface area contributed by atoms with Crippen LogP contribution in [0.3, 0.4) is 0 Å². The van der Waals surface area contributed by atoms with Crippen molar-refractivity contribution in [3.05, 3.63) is 75.5 Å². The molecular weight excluding hydrogens is 410 g/mol. The molecule has 1 aromatic carbocycles. The van der Waals surface area contributed by atoms with Gasteiger partial charge in [-0.25, -0.2) is 9.97 Å². The predicted molar refractivity (Wildman–Crippen MR) is 124 cm³/mol. The first-order valence-corrected chi connectivity index (χ1v) is 12.1. The van der Waals surface area contributed by atoms with Gasteiger partial charge in [0.2, 0.25) is 0 Å². The van der Waals surface area contributed by atoms with Crippen LogP contribution < -0.4 is 0 Å². The maximum Gasteiger partial charge on any atom is 0.174 e. The number of aryl methyl sites for hydroxylation is 1. The first-order chi connectivity index (χ1) is 14.6. The van der Waals surface area contributed by atoms with Gasteiger partial charge in [0.15, 0.2) is 5.78 Å². The van der Waals surface area contributed by atoms with Crippen LogP contribution in [0.15, 0.2) is 52.9 Å². The number of thiophene rings is 1. The zero-order valence-corrected chi connectivity index (χ0v) is 18.7. The molecule has 152 valence electrons. The number of nitrogens with zero attached hydrogens (tertiary/aromatic N) is 3. The molecular formula is C24H23N3OS2. The van der Waals surface area contributed by atoms with Crippen molar-refractivity contribution in [1.29, 1.82) is 0 Å². The van der Waals surface area contributed by atoms with Gasteiger partial charge in [0.25, 0.3) is 0 Å². The van der Waals surface area contributed by atoms with Crippen LogP contribution in [0.25, 0.3) is 10.9 Å². The van der Waals surface area contributed by atoms with Crippen molar-refractivity contribution in [3.63, 3.8) is 0 Å². The third kappa shape index (κ3) is 3.82. The molecule has 1 fully saturated rings. The molecule has 0 atom stereocenters. The van der Waals surface area contributed by atoms with Crippen molar-refractivity contribution in [2.75, 3.05) is 5.75 Å². The van der Waals surface area contributed by atoms with E-state index in [-0.39, 0.29) is 5.78 Å². The van der Waals surface area contributed by atoms with E-state index in [2.05, 4.69) is 29.0 Å². The molecule has 0 aliphatic heterocycles. The Hall–Kier alpha value is -2.44. The van der Waals surface area contributed by atoms with Crippen molar-refractivity contribution in [2.45, 2.75) is 44.2 Å². The monoisotopic (exact) mass is 433 g/mol. The van der Waals surface area contributed by atoms with Crippen LogP contribution in [0.1, 0.15) is 51.2 Å². The molecule has 1 aliphatic carbocycles. The van der Waals surface area contributed by atoms with Crippen LogP contribution in [0, 0.1) is 13.8 Å². The standard InChI is InChI=1S/C24H23N3OS2/c1-15-12-20(16(2)27(15)13-18-6-5-11-29-18)22(28)14-30-24-19-7-3-4-8-21(19)25-23(26-24)17-9-10-17/h3-8,11-12,17H,9-10,13-14H2,1-2H3. The van der Waals surface area contributed by atoms with Gasteiger partial charge in [-0.05, 0) is 50.3 Å². The van der Waals surface area contributed by atoms with Gasteiger partial charge in [-0.3, -0.25) is 4.79 Å². The Morgan fingerprint density at radius 1 is 1.17 bits per heavy atom. The highest BCUT2D eigenvalue weighted by Crippen LogP contribution is 2.40. The van der Waals surface area contributed by atoms with Crippen LogP contribution in [-0.2, 0) is 6.54 Å². The number of rotatable bonds is 7. The smallest absolute Gasteiger partial charge is 0.174 e. The van der Waals surface area contributed by atoms with Crippen LogP contribution in [0.2, 0.25) is 0 Å². The van der Waals surface area contributed by atoms with Crippen molar-refractivity contribution in [3.8, 4) is 0 Å². The summed E-state index contributed by atoms with van der Waals surface area (Å²) >= 11 is 3.28. The lowest BCUT2D eigenvalue weighted by molar-refractivity contribution is 0.102. The van der Waals surface area contributed by atoms with Crippen molar-refractivity contribution in [2.24, 2.45) is 0 Å². The Morgan fingerprint density at radius 3 is 2.77 bits per heavy atom. The maximum absolute atomic E-state index is 13.1. The summed E-state index contributed by atoms with van der Waals surface area (Å²) in [5.74, 6) is 1.95. The number of fused-ring (bicyclic) bond motifs is 1. The number of aromatic nitrogens is 3. The SMILES string of the molecule is Cc1cc(C(=O)CSc2nc(C3CC3)nc3ccccc23)c(C)n1Cc1cccs1. The molecule has 0 N–H and O–H groups in total. The lowest BCUT2D eigenvalue weighted by Gasteiger charge is -2.09. The van der Waals surface area contributed by atoms with Gasteiger partial charge in [-0.2, -0.15) is 0 Å². The first-order valence-electron chi connectivity index (χ1n) is 10.2. The van der Waals surface area contributed by atoms with E-state index in [4.69, 9.17) is 9.97 Å². The van der Waals surface area contributed by atoms with Gasteiger partial charge < -0.3 is 4.57 Å². The molecule has 0 bridgehead atoms.